The van der Waals surface area contributed by atoms with E-state index >= 15 is 0 Å². The van der Waals surface area contributed by atoms with E-state index in [0.717, 1.165) is 31.6 Å². The minimum Gasteiger partial charge on any atom is -0.491 e. The van der Waals surface area contributed by atoms with E-state index in [9.17, 15) is 9.59 Å². The second-order valence-corrected chi connectivity index (χ2v) is 6.85. The number of benzene rings is 2. The second kappa shape index (κ2) is 10.5. The normalized spacial score (nSPS) is 13.2. The molecule has 0 unspecified atom stereocenters. The lowest BCUT2D eigenvalue weighted by molar-refractivity contribution is -0.114. The summed E-state index contributed by atoms with van der Waals surface area (Å²) in [4.78, 5) is 26.6. The third kappa shape index (κ3) is 6.22. The van der Waals surface area contributed by atoms with E-state index < -0.39 is 0 Å². The molecule has 0 bridgehead atoms. The quantitative estimate of drug-likeness (QED) is 0.636. The topological polar surface area (TPSA) is 79.9 Å². The van der Waals surface area contributed by atoms with Crippen LogP contribution in [0.2, 0.25) is 0 Å². The largest absolute Gasteiger partial charge is 0.491 e. The van der Waals surface area contributed by atoms with Crippen LogP contribution in [0.25, 0.3) is 0 Å². The van der Waals surface area contributed by atoms with Crippen LogP contribution in [0.4, 0.5) is 11.4 Å². The molecule has 7 heteroatoms. The summed E-state index contributed by atoms with van der Waals surface area (Å²) in [7, 11) is 1.62. The molecule has 0 radical (unpaired) electrons. The lowest BCUT2D eigenvalue weighted by Crippen LogP contribution is -2.27. The van der Waals surface area contributed by atoms with Gasteiger partial charge < -0.3 is 25.0 Å². The van der Waals surface area contributed by atoms with E-state index in [-0.39, 0.29) is 18.4 Å². The van der Waals surface area contributed by atoms with Crippen molar-refractivity contribution in [2.24, 2.45) is 0 Å². The van der Waals surface area contributed by atoms with Gasteiger partial charge in [0.25, 0.3) is 5.91 Å². The molecule has 1 saturated heterocycles. The highest BCUT2D eigenvalue weighted by Gasteiger charge is 2.19. The zero-order valence-corrected chi connectivity index (χ0v) is 16.6. The standard InChI is InChI=1S/C22H27N3O4/c1-28-12-13-29-20-9-5-8-19(15-20)24-21(26)16-23-18-7-4-6-17(14-18)22(27)25-10-2-3-11-25/h4-9,14-15,23H,2-3,10-13,16H2,1H3,(H,24,26). The first kappa shape index (κ1) is 20.7. The van der Waals surface area contributed by atoms with E-state index in [1.807, 2.05) is 29.2 Å². The predicted octanol–water partition coefficient (Wildman–Crippen LogP) is 3.00. The molecule has 2 aromatic rings. The molecule has 3 rings (SSSR count). The Balaban J connectivity index is 1.51. The van der Waals surface area contributed by atoms with Gasteiger partial charge >= 0.3 is 0 Å². The minimum absolute atomic E-state index is 0.0425. The van der Waals surface area contributed by atoms with Gasteiger partial charge in [0.2, 0.25) is 5.91 Å². The molecule has 1 heterocycles. The highest BCUT2D eigenvalue weighted by atomic mass is 16.5. The van der Waals surface area contributed by atoms with Gasteiger partial charge in [-0.2, -0.15) is 0 Å². The van der Waals surface area contributed by atoms with E-state index in [4.69, 9.17) is 9.47 Å². The number of methoxy groups -OCH3 is 1. The molecule has 0 aliphatic carbocycles. The van der Waals surface area contributed by atoms with Crippen molar-refractivity contribution in [1.82, 2.24) is 4.90 Å². The van der Waals surface area contributed by atoms with Gasteiger partial charge in [-0.05, 0) is 43.2 Å². The Morgan fingerprint density at radius 3 is 2.55 bits per heavy atom. The summed E-state index contributed by atoms with van der Waals surface area (Å²) in [5, 5.41) is 5.91. The van der Waals surface area contributed by atoms with Gasteiger partial charge in [0.15, 0.2) is 0 Å². The predicted molar refractivity (Wildman–Crippen MR) is 113 cm³/mol. The molecule has 0 aromatic heterocycles. The van der Waals surface area contributed by atoms with Crippen LogP contribution in [0.5, 0.6) is 5.75 Å². The minimum atomic E-state index is -0.185. The maximum absolute atomic E-state index is 12.5. The fourth-order valence-electron chi connectivity index (χ4n) is 3.16. The smallest absolute Gasteiger partial charge is 0.253 e. The fourth-order valence-corrected chi connectivity index (χ4v) is 3.16. The van der Waals surface area contributed by atoms with Crippen LogP contribution in [0.1, 0.15) is 23.2 Å². The van der Waals surface area contributed by atoms with Gasteiger partial charge in [-0.25, -0.2) is 0 Å². The molecule has 1 aliphatic heterocycles. The van der Waals surface area contributed by atoms with Crippen LogP contribution < -0.4 is 15.4 Å². The number of nitrogens with one attached hydrogen (secondary N) is 2. The molecule has 29 heavy (non-hydrogen) atoms. The zero-order valence-electron chi connectivity index (χ0n) is 16.6. The Hall–Kier alpha value is -3.06. The second-order valence-electron chi connectivity index (χ2n) is 6.85. The average Bonchev–Trinajstić information content (AvgIpc) is 3.27. The van der Waals surface area contributed by atoms with Crippen molar-refractivity contribution >= 4 is 23.2 Å². The van der Waals surface area contributed by atoms with E-state index in [0.29, 0.717) is 30.2 Å². The molecule has 0 saturated carbocycles. The van der Waals surface area contributed by atoms with E-state index in [2.05, 4.69) is 10.6 Å². The van der Waals surface area contributed by atoms with Gasteiger partial charge in [-0.15, -0.1) is 0 Å². The van der Waals surface area contributed by atoms with Crippen molar-refractivity contribution in [2.45, 2.75) is 12.8 Å². The highest BCUT2D eigenvalue weighted by molar-refractivity contribution is 5.96. The van der Waals surface area contributed by atoms with E-state index in [1.54, 1.807) is 31.4 Å². The van der Waals surface area contributed by atoms with Crippen molar-refractivity contribution in [3.05, 3.63) is 54.1 Å². The summed E-state index contributed by atoms with van der Waals surface area (Å²) in [6, 6.07) is 14.5. The number of hydrogen-bond donors (Lipinski definition) is 2. The Labute approximate surface area is 171 Å². The van der Waals surface area contributed by atoms with Gasteiger partial charge in [0, 0.05) is 43.2 Å². The fraction of sp³-hybridized carbons (Fsp3) is 0.364. The molecular weight excluding hydrogens is 370 g/mol. The Bertz CT molecular complexity index is 834. The third-order valence-corrected chi connectivity index (χ3v) is 4.63. The Morgan fingerprint density at radius 1 is 1.00 bits per heavy atom. The molecule has 2 aromatic carbocycles. The first-order chi connectivity index (χ1) is 14.2. The van der Waals surface area contributed by atoms with Gasteiger partial charge in [0.05, 0.1) is 13.2 Å². The summed E-state index contributed by atoms with van der Waals surface area (Å²) in [5.41, 5.74) is 2.03. The van der Waals surface area contributed by atoms with Crippen molar-refractivity contribution in [2.75, 3.05) is 50.6 Å². The number of likely N-dealkylation sites (tertiary alicyclic amines) is 1. The number of rotatable bonds is 9. The lowest BCUT2D eigenvalue weighted by atomic mass is 10.1. The summed E-state index contributed by atoms with van der Waals surface area (Å²) >= 11 is 0. The first-order valence-electron chi connectivity index (χ1n) is 9.80. The Kier molecular flexibility index (Phi) is 7.47. The number of nitrogens with zero attached hydrogens (tertiary/aromatic N) is 1. The summed E-state index contributed by atoms with van der Waals surface area (Å²) in [5.74, 6) is 0.525. The van der Waals surface area contributed by atoms with Gasteiger partial charge in [0.1, 0.15) is 12.4 Å². The van der Waals surface area contributed by atoms with Crippen molar-refractivity contribution in [3.63, 3.8) is 0 Å². The van der Waals surface area contributed by atoms with Gasteiger partial charge in [-0.3, -0.25) is 9.59 Å². The molecule has 0 spiro atoms. The molecule has 2 N–H and O–H groups in total. The zero-order chi connectivity index (χ0) is 20.5. The maximum Gasteiger partial charge on any atom is 0.253 e. The molecule has 154 valence electrons. The van der Waals surface area contributed by atoms with Crippen molar-refractivity contribution < 1.29 is 19.1 Å². The summed E-state index contributed by atoms with van der Waals surface area (Å²) in [6.07, 6.45) is 2.12. The number of amides is 2. The number of carbonyl (C=O) groups excluding carboxylic acids is 2. The first-order valence-corrected chi connectivity index (χ1v) is 9.80. The van der Waals surface area contributed by atoms with Crippen LogP contribution in [-0.4, -0.2) is 56.7 Å². The summed E-state index contributed by atoms with van der Waals surface area (Å²) < 4.78 is 10.5. The van der Waals surface area contributed by atoms with Crippen LogP contribution in [0.15, 0.2) is 48.5 Å². The van der Waals surface area contributed by atoms with Crippen LogP contribution in [0.3, 0.4) is 0 Å². The number of anilines is 2. The van der Waals surface area contributed by atoms with Gasteiger partial charge in [-0.1, -0.05) is 12.1 Å². The number of hydrogen-bond acceptors (Lipinski definition) is 5. The lowest BCUT2D eigenvalue weighted by Gasteiger charge is -2.16. The molecule has 7 nitrogen and oxygen atoms in total. The molecule has 1 fully saturated rings. The monoisotopic (exact) mass is 397 g/mol. The maximum atomic E-state index is 12.5. The van der Waals surface area contributed by atoms with Crippen LogP contribution >= 0.6 is 0 Å². The number of carbonyl (C=O) groups is 2. The molecule has 1 aliphatic rings. The number of ether oxygens (including phenoxy) is 2. The highest BCUT2D eigenvalue weighted by Crippen LogP contribution is 2.18. The Morgan fingerprint density at radius 2 is 1.76 bits per heavy atom. The molecule has 0 atom stereocenters. The van der Waals surface area contributed by atoms with Crippen LogP contribution in [0, 0.1) is 0 Å². The average molecular weight is 397 g/mol. The SMILES string of the molecule is COCCOc1cccc(NC(=O)CNc2cccc(C(=O)N3CCCC3)c2)c1. The van der Waals surface area contributed by atoms with E-state index in [1.165, 1.54) is 0 Å². The van der Waals surface area contributed by atoms with Crippen molar-refractivity contribution in [1.29, 1.82) is 0 Å². The van der Waals surface area contributed by atoms with Crippen molar-refractivity contribution in [3.8, 4) is 5.75 Å². The molecule has 2 amide bonds. The third-order valence-electron chi connectivity index (χ3n) is 4.63. The molecular formula is C22H27N3O4. The van der Waals surface area contributed by atoms with Crippen LogP contribution in [-0.2, 0) is 9.53 Å². The summed E-state index contributed by atoms with van der Waals surface area (Å²) in [6.45, 7) is 2.66.